The highest BCUT2D eigenvalue weighted by atomic mass is 19.1. The molecule has 0 atom stereocenters. The van der Waals surface area contributed by atoms with E-state index >= 15 is 0 Å². The Kier molecular flexibility index (Phi) is 2.28. The number of azo groups is 1. The van der Waals surface area contributed by atoms with E-state index < -0.39 is 5.82 Å². The summed E-state index contributed by atoms with van der Waals surface area (Å²) in [5.74, 6) is -0.900. The highest BCUT2D eigenvalue weighted by Crippen LogP contribution is 2.35. The molecule has 82 valence electrons. The SMILES string of the molecule is NC(=[NH2+])N=Nc1c(O)[nH]c2ccc(F)cc12. The third kappa shape index (κ3) is 1.70. The van der Waals surface area contributed by atoms with Crippen molar-refractivity contribution in [1.29, 1.82) is 0 Å². The molecule has 0 aliphatic carbocycles. The van der Waals surface area contributed by atoms with Gasteiger partial charge in [0.05, 0.1) is 5.52 Å². The van der Waals surface area contributed by atoms with Crippen LogP contribution in [0.3, 0.4) is 0 Å². The molecule has 16 heavy (non-hydrogen) atoms. The van der Waals surface area contributed by atoms with Crippen LogP contribution in [0.1, 0.15) is 0 Å². The normalized spacial score (nSPS) is 11.3. The van der Waals surface area contributed by atoms with Crippen molar-refractivity contribution in [1.82, 2.24) is 4.98 Å². The minimum Gasteiger partial charge on any atom is -0.493 e. The van der Waals surface area contributed by atoms with Crippen LogP contribution < -0.4 is 11.1 Å². The van der Waals surface area contributed by atoms with E-state index in [-0.39, 0.29) is 17.5 Å². The topological polar surface area (TPSA) is 112 Å². The summed E-state index contributed by atoms with van der Waals surface area (Å²) in [7, 11) is 0. The second-order valence-electron chi connectivity index (χ2n) is 3.14. The first-order valence-electron chi connectivity index (χ1n) is 4.38. The molecule has 6 N–H and O–H groups in total. The molecule has 1 aromatic carbocycles. The molecule has 7 heteroatoms. The molecule has 2 aromatic rings. The van der Waals surface area contributed by atoms with Crippen molar-refractivity contribution < 1.29 is 14.9 Å². The van der Waals surface area contributed by atoms with Gasteiger partial charge in [0, 0.05) is 10.5 Å². The Balaban J connectivity index is 2.62. The fraction of sp³-hybridized carbons (Fsp3) is 0. The number of nitrogens with zero attached hydrogens (tertiary/aromatic N) is 2. The summed E-state index contributed by atoms with van der Waals surface area (Å²) in [5, 5.41) is 22.0. The van der Waals surface area contributed by atoms with E-state index in [0.717, 1.165) is 0 Å². The number of guanidine groups is 1. The average Bonchev–Trinajstić information content (AvgIpc) is 2.51. The number of benzene rings is 1. The number of rotatable bonds is 1. The van der Waals surface area contributed by atoms with Crippen molar-refractivity contribution in [3.8, 4) is 5.88 Å². The summed E-state index contributed by atoms with van der Waals surface area (Å²) in [4.78, 5) is 2.62. The zero-order valence-corrected chi connectivity index (χ0v) is 8.11. The fourth-order valence-electron chi connectivity index (χ4n) is 1.34. The van der Waals surface area contributed by atoms with Gasteiger partial charge in [-0.15, -0.1) is 0 Å². The quantitative estimate of drug-likeness (QED) is 0.313. The summed E-state index contributed by atoms with van der Waals surface area (Å²) in [6.45, 7) is 0. The van der Waals surface area contributed by atoms with E-state index in [9.17, 15) is 9.50 Å². The number of aromatic hydroxyl groups is 1. The smallest absolute Gasteiger partial charge is 0.403 e. The maximum atomic E-state index is 13.0. The van der Waals surface area contributed by atoms with Crippen molar-refractivity contribution in [2.45, 2.75) is 0 Å². The fourth-order valence-corrected chi connectivity index (χ4v) is 1.34. The zero-order valence-electron chi connectivity index (χ0n) is 8.11. The van der Waals surface area contributed by atoms with Gasteiger partial charge in [0.2, 0.25) is 5.88 Å². The molecule has 0 radical (unpaired) electrons. The lowest BCUT2D eigenvalue weighted by Gasteiger charge is -1.89. The maximum Gasteiger partial charge on any atom is 0.403 e. The number of H-pyrrole nitrogens is 1. The number of halogens is 1. The van der Waals surface area contributed by atoms with E-state index in [1.807, 2.05) is 0 Å². The molecule has 1 aromatic heterocycles. The van der Waals surface area contributed by atoms with Gasteiger partial charge >= 0.3 is 5.96 Å². The zero-order chi connectivity index (χ0) is 11.7. The lowest BCUT2D eigenvalue weighted by Crippen LogP contribution is -2.43. The van der Waals surface area contributed by atoms with E-state index in [1.165, 1.54) is 18.2 Å². The molecule has 2 rings (SSSR count). The molecule has 0 spiro atoms. The minimum atomic E-state index is -0.437. The molecule has 1 heterocycles. The average molecular weight is 222 g/mol. The van der Waals surface area contributed by atoms with Crippen LogP contribution in [-0.4, -0.2) is 16.1 Å². The van der Waals surface area contributed by atoms with Crippen LogP contribution in [0.2, 0.25) is 0 Å². The van der Waals surface area contributed by atoms with Crippen LogP contribution in [0.4, 0.5) is 10.1 Å². The number of nitrogens with one attached hydrogen (secondary N) is 1. The molecule has 0 aliphatic heterocycles. The van der Waals surface area contributed by atoms with Crippen LogP contribution in [0.15, 0.2) is 28.4 Å². The van der Waals surface area contributed by atoms with Gasteiger partial charge in [0.1, 0.15) is 5.82 Å². The Morgan fingerprint density at radius 2 is 2.25 bits per heavy atom. The first kappa shape index (κ1) is 10.1. The number of fused-ring (bicyclic) bond motifs is 1. The maximum absolute atomic E-state index is 13.0. The summed E-state index contributed by atoms with van der Waals surface area (Å²) in [6, 6.07) is 3.98. The number of hydrogen-bond donors (Lipinski definition) is 4. The van der Waals surface area contributed by atoms with Crippen LogP contribution in [0.25, 0.3) is 10.9 Å². The van der Waals surface area contributed by atoms with Gasteiger partial charge in [-0.2, -0.15) is 0 Å². The van der Waals surface area contributed by atoms with Gasteiger partial charge in [-0.25, -0.2) is 4.39 Å². The van der Waals surface area contributed by atoms with Gasteiger partial charge in [-0.3, -0.25) is 11.1 Å². The molecule has 0 fully saturated rings. The molecule has 0 amide bonds. The number of aromatic amines is 1. The third-order valence-electron chi connectivity index (χ3n) is 1.98. The Labute approximate surface area is 89.1 Å². The summed E-state index contributed by atoms with van der Waals surface area (Å²) in [5.41, 5.74) is 5.75. The largest absolute Gasteiger partial charge is 0.493 e. The standard InChI is InChI=1S/C9H8FN5O/c10-4-1-2-6-5(3-4)7(8(16)13-6)14-15-9(11)12/h1-3,13,16H,(H3,11,12)/p+1. The van der Waals surface area contributed by atoms with Crippen molar-refractivity contribution in [2.24, 2.45) is 16.0 Å². The van der Waals surface area contributed by atoms with Crippen LogP contribution in [-0.2, 0) is 0 Å². The van der Waals surface area contributed by atoms with E-state index in [0.29, 0.717) is 10.9 Å². The van der Waals surface area contributed by atoms with Crippen molar-refractivity contribution >= 4 is 22.5 Å². The molecule has 0 saturated carbocycles. The van der Waals surface area contributed by atoms with Crippen molar-refractivity contribution in [3.63, 3.8) is 0 Å². The van der Waals surface area contributed by atoms with Crippen LogP contribution in [0, 0.1) is 5.82 Å². The number of aromatic nitrogens is 1. The lowest BCUT2D eigenvalue weighted by atomic mass is 10.2. The van der Waals surface area contributed by atoms with E-state index in [2.05, 4.69) is 15.2 Å². The Morgan fingerprint density at radius 3 is 2.94 bits per heavy atom. The highest BCUT2D eigenvalue weighted by molar-refractivity contribution is 5.94. The second-order valence-corrected chi connectivity index (χ2v) is 3.14. The van der Waals surface area contributed by atoms with Gasteiger partial charge in [0.15, 0.2) is 5.69 Å². The molecular weight excluding hydrogens is 213 g/mol. The van der Waals surface area contributed by atoms with E-state index in [4.69, 9.17) is 11.1 Å². The molecule has 0 bridgehead atoms. The predicted octanol–water partition coefficient (Wildman–Crippen LogP) is 0.170. The predicted molar refractivity (Wildman–Crippen MR) is 55.6 cm³/mol. The third-order valence-corrected chi connectivity index (χ3v) is 1.98. The van der Waals surface area contributed by atoms with Gasteiger partial charge in [-0.1, -0.05) is 5.11 Å². The summed E-state index contributed by atoms with van der Waals surface area (Å²) in [6.07, 6.45) is 0. The van der Waals surface area contributed by atoms with Crippen molar-refractivity contribution in [2.75, 3.05) is 0 Å². The molecule has 6 nitrogen and oxygen atoms in total. The van der Waals surface area contributed by atoms with Gasteiger partial charge < -0.3 is 10.1 Å². The minimum absolute atomic E-state index is 0.0999. The van der Waals surface area contributed by atoms with Gasteiger partial charge in [-0.05, 0) is 18.2 Å². The first-order chi connectivity index (χ1) is 7.58. The molecule has 0 saturated heterocycles. The van der Waals surface area contributed by atoms with Crippen LogP contribution >= 0.6 is 0 Å². The van der Waals surface area contributed by atoms with Crippen molar-refractivity contribution in [3.05, 3.63) is 24.0 Å². The molecule has 0 aliphatic rings. The summed E-state index contributed by atoms with van der Waals surface area (Å²) < 4.78 is 13.0. The molecule has 0 unspecified atom stereocenters. The van der Waals surface area contributed by atoms with Gasteiger partial charge in [0.25, 0.3) is 0 Å². The highest BCUT2D eigenvalue weighted by Gasteiger charge is 2.12. The van der Waals surface area contributed by atoms with E-state index in [1.54, 1.807) is 0 Å². The summed E-state index contributed by atoms with van der Waals surface area (Å²) >= 11 is 0. The second kappa shape index (κ2) is 3.61. The lowest BCUT2D eigenvalue weighted by molar-refractivity contribution is -0.117. The van der Waals surface area contributed by atoms with Crippen LogP contribution in [0.5, 0.6) is 5.88 Å². The Hall–Kier alpha value is -2.44. The monoisotopic (exact) mass is 222 g/mol. The number of hydrogen-bond acceptors (Lipinski definition) is 2. The number of nitrogens with two attached hydrogens (primary N) is 2. The Bertz CT molecular complexity index is 589. The molecular formula is C9H9FN5O+. The first-order valence-corrected chi connectivity index (χ1v) is 4.38. The Morgan fingerprint density at radius 1 is 1.50 bits per heavy atom.